The fourth-order valence-electron chi connectivity index (χ4n) is 1.25. The molecule has 1 N–H and O–H groups in total. The van der Waals surface area contributed by atoms with Crippen molar-refractivity contribution in [2.24, 2.45) is 4.99 Å². The zero-order chi connectivity index (χ0) is 12.4. The normalized spacial score (nSPS) is 13.4. The summed E-state index contributed by atoms with van der Waals surface area (Å²) in [6.45, 7) is 9.76. The minimum absolute atomic E-state index is 0.0467. The van der Waals surface area contributed by atoms with E-state index in [0.717, 1.165) is 11.1 Å². The number of aliphatic imine (C=N–C) groups is 1. The fourth-order valence-corrected chi connectivity index (χ4v) is 1.25. The van der Waals surface area contributed by atoms with E-state index < -0.39 is 5.60 Å². The first-order valence-corrected chi connectivity index (χ1v) is 5.57. The summed E-state index contributed by atoms with van der Waals surface area (Å²) in [6, 6.07) is 7.82. The molecule has 1 aromatic rings. The lowest BCUT2D eigenvalue weighted by molar-refractivity contribution is 0.0786. The molecule has 0 aliphatic carbocycles. The lowest BCUT2D eigenvalue weighted by Crippen LogP contribution is -2.15. The van der Waals surface area contributed by atoms with Gasteiger partial charge in [0.05, 0.1) is 11.1 Å². The van der Waals surface area contributed by atoms with Gasteiger partial charge in [-0.15, -0.1) is 0 Å². The Morgan fingerprint density at radius 2 is 1.50 bits per heavy atom. The topological polar surface area (TPSA) is 32.6 Å². The maximum atomic E-state index is 9.81. The molecule has 1 rings (SSSR count). The lowest BCUT2D eigenvalue weighted by atomic mass is 9.97. The SMILES string of the molecule is CC(C)(C)N=Cc1ccc(C(C)(C)O)cc1. The van der Waals surface area contributed by atoms with Gasteiger partial charge in [-0.25, -0.2) is 0 Å². The highest BCUT2D eigenvalue weighted by molar-refractivity contribution is 5.79. The summed E-state index contributed by atoms with van der Waals surface area (Å²) in [6.07, 6.45) is 1.87. The van der Waals surface area contributed by atoms with E-state index in [1.807, 2.05) is 30.5 Å². The van der Waals surface area contributed by atoms with Crippen LogP contribution in [0, 0.1) is 0 Å². The number of aliphatic hydroxyl groups is 1. The molecule has 0 aliphatic rings. The Kier molecular flexibility index (Phi) is 3.54. The summed E-state index contributed by atoms with van der Waals surface area (Å²) in [7, 11) is 0. The average Bonchev–Trinajstić information content (AvgIpc) is 2.13. The first-order valence-electron chi connectivity index (χ1n) is 5.57. The zero-order valence-electron chi connectivity index (χ0n) is 10.8. The molecule has 2 heteroatoms. The van der Waals surface area contributed by atoms with Crippen LogP contribution in [0.2, 0.25) is 0 Å². The molecule has 0 saturated carbocycles. The van der Waals surface area contributed by atoms with E-state index >= 15 is 0 Å². The van der Waals surface area contributed by atoms with Crippen molar-refractivity contribution in [3.63, 3.8) is 0 Å². The lowest BCUT2D eigenvalue weighted by Gasteiger charge is -2.17. The second kappa shape index (κ2) is 4.38. The average molecular weight is 219 g/mol. The first kappa shape index (κ1) is 12.9. The number of hydrogen-bond donors (Lipinski definition) is 1. The Balaban J connectivity index is 2.85. The third kappa shape index (κ3) is 4.15. The van der Waals surface area contributed by atoms with Crippen LogP contribution >= 0.6 is 0 Å². The third-order valence-electron chi connectivity index (χ3n) is 2.22. The molecular weight excluding hydrogens is 198 g/mol. The Labute approximate surface area is 98.0 Å². The van der Waals surface area contributed by atoms with Crippen molar-refractivity contribution in [2.75, 3.05) is 0 Å². The number of nitrogens with zero attached hydrogens (tertiary/aromatic N) is 1. The van der Waals surface area contributed by atoms with Crippen molar-refractivity contribution in [3.05, 3.63) is 35.4 Å². The Hall–Kier alpha value is -1.15. The van der Waals surface area contributed by atoms with E-state index in [0.29, 0.717) is 0 Å². The minimum atomic E-state index is -0.778. The van der Waals surface area contributed by atoms with Gasteiger partial charge in [0, 0.05) is 6.21 Å². The number of hydrogen-bond acceptors (Lipinski definition) is 2. The molecule has 88 valence electrons. The van der Waals surface area contributed by atoms with Crippen LogP contribution in [-0.4, -0.2) is 16.9 Å². The molecule has 2 nitrogen and oxygen atoms in total. The maximum absolute atomic E-state index is 9.81. The molecule has 0 spiro atoms. The highest BCUT2D eigenvalue weighted by Gasteiger charge is 2.14. The van der Waals surface area contributed by atoms with Gasteiger partial charge in [0.1, 0.15) is 0 Å². The van der Waals surface area contributed by atoms with Gasteiger partial charge in [-0.1, -0.05) is 24.3 Å². The highest BCUT2D eigenvalue weighted by atomic mass is 16.3. The summed E-state index contributed by atoms with van der Waals surface area (Å²) in [5.74, 6) is 0. The third-order valence-corrected chi connectivity index (χ3v) is 2.22. The maximum Gasteiger partial charge on any atom is 0.0840 e. The second-order valence-corrected chi connectivity index (χ2v) is 5.61. The van der Waals surface area contributed by atoms with Gasteiger partial charge in [0.25, 0.3) is 0 Å². The van der Waals surface area contributed by atoms with Crippen molar-refractivity contribution in [3.8, 4) is 0 Å². The summed E-state index contributed by atoms with van der Waals surface area (Å²) < 4.78 is 0. The smallest absolute Gasteiger partial charge is 0.0840 e. The van der Waals surface area contributed by atoms with Crippen LogP contribution in [0.15, 0.2) is 29.3 Å². The molecule has 0 bridgehead atoms. The predicted octanol–water partition coefficient (Wildman–Crippen LogP) is 3.13. The van der Waals surface area contributed by atoms with Crippen LogP contribution in [0.5, 0.6) is 0 Å². The first-order chi connectivity index (χ1) is 7.18. The summed E-state index contributed by atoms with van der Waals surface area (Å²) in [4.78, 5) is 4.43. The quantitative estimate of drug-likeness (QED) is 0.761. The van der Waals surface area contributed by atoms with Gasteiger partial charge in [-0.3, -0.25) is 4.99 Å². The van der Waals surface area contributed by atoms with E-state index in [1.165, 1.54) is 0 Å². The molecule has 16 heavy (non-hydrogen) atoms. The van der Waals surface area contributed by atoms with E-state index in [9.17, 15) is 5.11 Å². The largest absolute Gasteiger partial charge is 0.386 e. The van der Waals surface area contributed by atoms with Gasteiger partial charge >= 0.3 is 0 Å². The predicted molar refractivity (Wildman–Crippen MR) is 69.0 cm³/mol. The van der Waals surface area contributed by atoms with Crippen LogP contribution in [0.25, 0.3) is 0 Å². The summed E-state index contributed by atoms with van der Waals surface area (Å²) >= 11 is 0. The van der Waals surface area contributed by atoms with Gasteiger partial charge in [-0.2, -0.15) is 0 Å². The van der Waals surface area contributed by atoms with E-state index in [-0.39, 0.29) is 5.54 Å². The van der Waals surface area contributed by atoms with Gasteiger partial charge in [-0.05, 0) is 45.7 Å². The van der Waals surface area contributed by atoms with Crippen LogP contribution in [0.3, 0.4) is 0 Å². The summed E-state index contributed by atoms with van der Waals surface area (Å²) in [5, 5.41) is 9.81. The molecule has 0 amide bonds. The monoisotopic (exact) mass is 219 g/mol. The molecule has 0 fully saturated rings. The van der Waals surface area contributed by atoms with Crippen molar-refractivity contribution >= 4 is 6.21 Å². The van der Waals surface area contributed by atoms with Gasteiger partial charge in [0.15, 0.2) is 0 Å². The molecule has 0 radical (unpaired) electrons. The van der Waals surface area contributed by atoms with Crippen LogP contribution in [0.4, 0.5) is 0 Å². The van der Waals surface area contributed by atoms with Crippen LogP contribution in [-0.2, 0) is 5.60 Å². The molecule has 0 unspecified atom stereocenters. The van der Waals surface area contributed by atoms with Crippen LogP contribution < -0.4 is 0 Å². The van der Waals surface area contributed by atoms with Crippen molar-refractivity contribution in [2.45, 2.75) is 45.8 Å². The molecule has 0 aliphatic heterocycles. The number of benzene rings is 1. The van der Waals surface area contributed by atoms with Crippen LogP contribution in [0.1, 0.15) is 45.7 Å². The molecule has 0 saturated heterocycles. The van der Waals surface area contributed by atoms with Crippen molar-refractivity contribution in [1.82, 2.24) is 0 Å². The van der Waals surface area contributed by atoms with Gasteiger partial charge in [0.2, 0.25) is 0 Å². The van der Waals surface area contributed by atoms with E-state index in [2.05, 4.69) is 25.8 Å². The Morgan fingerprint density at radius 1 is 1.00 bits per heavy atom. The Bertz CT molecular complexity index is 363. The summed E-state index contributed by atoms with van der Waals surface area (Å²) in [5.41, 5.74) is 1.15. The fraction of sp³-hybridized carbons (Fsp3) is 0.500. The van der Waals surface area contributed by atoms with E-state index in [1.54, 1.807) is 13.8 Å². The highest BCUT2D eigenvalue weighted by Crippen LogP contribution is 2.19. The minimum Gasteiger partial charge on any atom is -0.386 e. The standard InChI is InChI=1S/C14H21NO/c1-13(2,3)15-10-11-6-8-12(9-7-11)14(4,5)16/h6-10,16H,1-5H3. The molecule has 0 atom stereocenters. The number of rotatable bonds is 2. The molecule has 0 aromatic heterocycles. The molecular formula is C14H21NO. The van der Waals surface area contributed by atoms with Gasteiger partial charge < -0.3 is 5.11 Å². The molecule has 0 heterocycles. The second-order valence-electron chi connectivity index (χ2n) is 5.61. The molecule has 1 aromatic carbocycles. The van der Waals surface area contributed by atoms with E-state index in [4.69, 9.17) is 0 Å². The Morgan fingerprint density at radius 3 is 1.88 bits per heavy atom. The zero-order valence-corrected chi connectivity index (χ0v) is 10.8. The van der Waals surface area contributed by atoms with Crippen molar-refractivity contribution in [1.29, 1.82) is 0 Å². The van der Waals surface area contributed by atoms with Crippen molar-refractivity contribution < 1.29 is 5.11 Å².